The monoisotopic (exact) mass is 335 g/mol. The van der Waals surface area contributed by atoms with E-state index in [0.29, 0.717) is 18.2 Å². The molecule has 0 aromatic carbocycles. The first-order chi connectivity index (χ1) is 10.8. The minimum absolute atomic E-state index is 0.123. The molecule has 0 bridgehead atoms. The van der Waals surface area contributed by atoms with Crippen molar-refractivity contribution in [3.63, 3.8) is 0 Å². The van der Waals surface area contributed by atoms with E-state index in [1.54, 1.807) is 16.0 Å². The molecular weight excluding hydrogens is 310 g/mol. The molecule has 0 aliphatic carbocycles. The van der Waals surface area contributed by atoms with Crippen LogP contribution in [0.1, 0.15) is 46.5 Å². The average Bonchev–Trinajstić information content (AvgIpc) is 3.03. The van der Waals surface area contributed by atoms with E-state index in [4.69, 9.17) is 0 Å². The quantitative estimate of drug-likeness (QED) is 0.880. The van der Waals surface area contributed by atoms with Crippen LogP contribution in [-0.2, 0) is 13.5 Å². The molecule has 6 nitrogen and oxygen atoms in total. The van der Waals surface area contributed by atoms with E-state index in [1.165, 1.54) is 4.88 Å². The number of rotatable bonds is 6. The Kier molecular flexibility index (Phi) is 5.41. The number of carbonyl (C=O) groups excluding carboxylic acids is 1. The van der Waals surface area contributed by atoms with Gasteiger partial charge in [-0.05, 0) is 18.9 Å². The fraction of sp³-hybridized carbons (Fsp3) is 0.562. The molecule has 0 radical (unpaired) electrons. The molecule has 0 saturated carbocycles. The summed E-state index contributed by atoms with van der Waals surface area (Å²) in [5.74, 6) is 0.223. The number of aryl methyl sites for hydroxylation is 2. The Morgan fingerprint density at radius 2 is 2.13 bits per heavy atom. The number of hydrogen-bond acceptors (Lipinski definition) is 5. The van der Waals surface area contributed by atoms with Crippen LogP contribution < -0.4 is 10.2 Å². The molecule has 2 aromatic rings. The van der Waals surface area contributed by atoms with Crippen LogP contribution in [0.2, 0.25) is 0 Å². The fourth-order valence-corrected chi connectivity index (χ4v) is 3.33. The van der Waals surface area contributed by atoms with E-state index in [9.17, 15) is 4.79 Å². The van der Waals surface area contributed by atoms with Crippen LogP contribution in [-0.4, -0.2) is 41.3 Å². The molecule has 2 aromatic heterocycles. The predicted molar refractivity (Wildman–Crippen MR) is 94.5 cm³/mol. The van der Waals surface area contributed by atoms with Crippen molar-refractivity contribution < 1.29 is 4.79 Å². The van der Waals surface area contributed by atoms with Crippen molar-refractivity contribution in [3.05, 3.63) is 28.0 Å². The molecule has 1 amide bonds. The maximum atomic E-state index is 12.2. The summed E-state index contributed by atoms with van der Waals surface area (Å²) in [4.78, 5) is 19.9. The second kappa shape index (κ2) is 7.12. The third kappa shape index (κ3) is 4.10. The van der Waals surface area contributed by atoms with Crippen molar-refractivity contribution >= 4 is 22.4 Å². The van der Waals surface area contributed by atoms with Crippen molar-refractivity contribution in [2.45, 2.75) is 33.1 Å². The topological polar surface area (TPSA) is 63.1 Å². The lowest BCUT2D eigenvalue weighted by Gasteiger charge is -2.05. The molecule has 0 aliphatic heterocycles. The molecule has 0 spiro atoms. The first kappa shape index (κ1) is 17.5. The maximum Gasteiger partial charge on any atom is 0.271 e. The number of nitrogens with zero attached hydrogens (tertiary/aromatic N) is 4. The van der Waals surface area contributed by atoms with Crippen molar-refractivity contribution in [3.8, 4) is 0 Å². The summed E-state index contributed by atoms with van der Waals surface area (Å²) in [6.45, 7) is 6.78. The maximum absolute atomic E-state index is 12.2. The highest BCUT2D eigenvalue weighted by Gasteiger charge is 2.15. The normalized spacial score (nSPS) is 11.1. The minimum Gasteiger partial charge on any atom is -0.354 e. The molecule has 2 rings (SSSR count). The number of carbonyl (C=O) groups is 1. The molecule has 0 saturated heterocycles. The van der Waals surface area contributed by atoms with Crippen LogP contribution in [0, 0.1) is 6.92 Å². The van der Waals surface area contributed by atoms with E-state index in [0.717, 1.165) is 22.9 Å². The van der Waals surface area contributed by atoms with Gasteiger partial charge in [0.25, 0.3) is 5.91 Å². The molecule has 0 unspecified atom stereocenters. The number of aromatic nitrogens is 3. The Bertz CT molecular complexity index is 687. The first-order valence-electron chi connectivity index (χ1n) is 7.75. The predicted octanol–water partition coefficient (Wildman–Crippen LogP) is 2.35. The van der Waals surface area contributed by atoms with Gasteiger partial charge in [-0.25, -0.2) is 4.98 Å². The summed E-state index contributed by atoms with van der Waals surface area (Å²) >= 11 is 1.67. The summed E-state index contributed by atoms with van der Waals surface area (Å²) in [5.41, 5.74) is 2.57. The fourth-order valence-electron chi connectivity index (χ4n) is 2.35. The summed E-state index contributed by atoms with van der Waals surface area (Å²) in [6.07, 6.45) is 0.785. The van der Waals surface area contributed by atoms with Crippen molar-refractivity contribution in [2.24, 2.45) is 7.05 Å². The highest BCUT2D eigenvalue weighted by molar-refractivity contribution is 7.15. The lowest BCUT2D eigenvalue weighted by molar-refractivity contribution is 0.0948. The van der Waals surface area contributed by atoms with Gasteiger partial charge in [0.1, 0.15) is 5.69 Å². The van der Waals surface area contributed by atoms with Gasteiger partial charge in [0.15, 0.2) is 5.13 Å². The second-order valence-electron chi connectivity index (χ2n) is 6.14. The second-order valence-corrected chi connectivity index (χ2v) is 7.20. The third-order valence-corrected chi connectivity index (χ3v) is 5.03. The highest BCUT2D eigenvalue weighted by atomic mass is 32.1. The van der Waals surface area contributed by atoms with Gasteiger partial charge in [-0.1, -0.05) is 13.8 Å². The summed E-state index contributed by atoms with van der Waals surface area (Å²) in [6, 6.07) is 1.86. The van der Waals surface area contributed by atoms with Gasteiger partial charge < -0.3 is 10.2 Å². The van der Waals surface area contributed by atoms with Crippen LogP contribution in [0.25, 0.3) is 0 Å². The Morgan fingerprint density at radius 3 is 2.65 bits per heavy atom. The van der Waals surface area contributed by atoms with E-state index in [2.05, 4.69) is 29.2 Å². The molecule has 1 N–H and O–H groups in total. The Hall–Kier alpha value is -1.89. The lowest BCUT2D eigenvalue weighted by atomic mass is 10.1. The van der Waals surface area contributed by atoms with Crippen molar-refractivity contribution in [1.29, 1.82) is 0 Å². The first-order valence-corrected chi connectivity index (χ1v) is 8.57. The van der Waals surface area contributed by atoms with E-state index < -0.39 is 0 Å². The Labute approximate surface area is 141 Å². The van der Waals surface area contributed by atoms with Gasteiger partial charge in [0.2, 0.25) is 0 Å². The molecule has 23 heavy (non-hydrogen) atoms. The number of hydrogen-bond donors (Lipinski definition) is 1. The van der Waals surface area contributed by atoms with Crippen molar-refractivity contribution in [2.75, 3.05) is 25.5 Å². The number of thiazole rings is 1. The molecular formula is C16H25N5OS. The van der Waals surface area contributed by atoms with Gasteiger partial charge in [-0.2, -0.15) is 5.10 Å². The standard InChI is InChI=1S/C16H25N5OS/c1-10(2)13-9-12(19-21(13)6)15(22)17-8-7-14-11(3)18-16(23-14)20(4)5/h9-10H,7-8H2,1-6H3,(H,17,22). The van der Waals surface area contributed by atoms with Gasteiger partial charge in [0.05, 0.1) is 5.69 Å². The molecule has 0 aliphatic rings. The van der Waals surface area contributed by atoms with E-state index in [-0.39, 0.29) is 5.91 Å². The zero-order chi connectivity index (χ0) is 17.1. The summed E-state index contributed by atoms with van der Waals surface area (Å²) in [7, 11) is 5.84. The molecule has 0 fully saturated rings. The molecule has 7 heteroatoms. The summed E-state index contributed by atoms with van der Waals surface area (Å²) in [5, 5.41) is 8.23. The van der Waals surface area contributed by atoms with Crippen LogP contribution in [0.3, 0.4) is 0 Å². The SMILES string of the molecule is Cc1nc(N(C)C)sc1CCNC(=O)c1cc(C(C)C)n(C)n1. The highest BCUT2D eigenvalue weighted by Crippen LogP contribution is 2.24. The average molecular weight is 335 g/mol. The molecule has 2 heterocycles. The zero-order valence-corrected chi connectivity index (χ0v) is 15.5. The van der Waals surface area contributed by atoms with Gasteiger partial charge in [-0.15, -0.1) is 11.3 Å². The zero-order valence-electron chi connectivity index (χ0n) is 14.7. The Balaban J connectivity index is 1.93. The van der Waals surface area contributed by atoms with Crippen LogP contribution in [0.15, 0.2) is 6.07 Å². The van der Waals surface area contributed by atoms with Crippen molar-refractivity contribution in [1.82, 2.24) is 20.1 Å². The molecule has 126 valence electrons. The van der Waals surface area contributed by atoms with E-state index >= 15 is 0 Å². The summed E-state index contributed by atoms with van der Waals surface area (Å²) < 4.78 is 1.77. The third-order valence-electron chi connectivity index (χ3n) is 3.64. The number of anilines is 1. The number of amides is 1. The Morgan fingerprint density at radius 1 is 1.43 bits per heavy atom. The van der Waals surface area contributed by atoms with Gasteiger partial charge in [0, 0.05) is 44.7 Å². The van der Waals surface area contributed by atoms with Crippen LogP contribution in [0.4, 0.5) is 5.13 Å². The van der Waals surface area contributed by atoms with E-state index in [1.807, 2.05) is 39.0 Å². The van der Waals surface area contributed by atoms with Gasteiger partial charge in [-0.3, -0.25) is 9.48 Å². The largest absolute Gasteiger partial charge is 0.354 e. The molecule has 0 atom stereocenters. The smallest absolute Gasteiger partial charge is 0.271 e. The van der Waals surface area contributed by atoms with Crippen LogP contribution in [0.5, 0.6) is 0 Å². The number of nitrogens with one attached hydrogen (secondary N) is 1. The van der Waals surface area contributed by atoms with Gasteiger partial charge >= 0.3 is 0 Å². The lowest BCUT2D eigenvalue weighted by Crippen LogP contribution is -2.26. The van der Waals surface area contributed by atoms with Crippen LogP contribution >= 0.6 is 11.3 Å². The minimum atomic E-state index is -0.123.